The summed E-state index contributed by atoms with van der Waals surface area (Å²) >= 11 is 0. The number of benzene rings is 1. The highest BCUT2D eigenvalue weighted by atomic mass is 19.1. The van der Waals surface area contributed by atoms with Crippen molar-refractivity contribution in [1.82, 2.24) is 25.2 Å². The monoisotopic (exact) mass is 424 g/mol. The van der Waals surface area contributed by atoms with Crippen LogP contribution >= 0.6 is 0 Å². The van der Waals surface area contributed by atoms with Gasteiger partial charge in [0.25, 0.3) is 0 Å². The minimum atomic E-state index is -0.368. The van der Waals surface area contributed by atoms with Crippen LogP contribution in [0.1, 0.15) is 31.6 Å². The molecule has 5 rings (SSSR count). The molecule has 2 fully saturated rings. The zero-order valence-electron chi connectivity index (χ0n) is 17.3. The highest BCUT2D eigenvalue weighted by Gasteiger charge is 2.43. The number of rotatable bonds is 5. The summed E-state index contributed by atoms with van der Waals surface area (Å²) in [6.07, 6.45) is 7.04. The molecular formula is C22H25FN6O2. The van der Waals surface area contributed by atoms with E-state index in [1.807, 2.05) is 23.1 Å². The topological polar surface area (TPSA) is 96.2 Å². The van der Waals surface area contributed by atoms with Gasteiger partial charge >= 0.3 is 6.03 Å². The van der Waals surface area contributed by atoms with Crippen molar-refractivity contribution in [2.24, 2.45) is 0 Å². The molecule has 9 heteroatoms. The molecule has 162 valence electrons. The van der Waals surface area contributed by atoms with E-state index in [1.165, 1.54) is 0 Å². The lowest BCUT2D eigenvalue weighted by Crippen LogP contribution is -2.53. The number of amides is 2. The van der Waals surface area contributed by atoms with Crippen LogP contribution in [0.3, 0.4) is 0 Å². The van der Waals surface area contributed by atoms with Gasteiger partial charge in [0.05, 0.1) is 11.7 Å². The number of urea groups is 1. The number of nitrogens with one attached hydrogen (secondary N) is 2. The number of piperidine rings is 1. The number of fused-ring (bicyclic) bond motifs is 3. The number of hydrogen-bond acceptors (Lipinski definition) is 6. The Kier molecular flexibility index (Phi) is 5.27. The number of carbonyl (C=O) groups excluding carboxylic acids is 1. The second-order valence-electron chi connectivity index (χ2n) is 8.24. The molecule has 0 aliphatic carbocycles. The number of halogens is 1. The van der Waals surface area contributed by atoms with Crippen LogP contribution in [0.5, 0.6) is 0 Å². The van der Waals surface area contributed by atoms with Crippen LogP contribution in [-0.2, 0) is 0 Å². The molecule has 2 aliphatic heterocycles. The van der Waals surface area contributed by atoms with Crippen molar-refractivity contribution in [3.63, 3.8) is 0 Å². The van der Waals surface area contributed by atoms with Gasteiger partial charge < -0.3 is 14.6 Å². The summed E-state index contributed by atoms with van der Waals surface area (Å²) in [6, 6.07) is 6.19. The molecule has 0 unspecified atom stereocenters. The second-order valence-corrected chi connectivity index (χ2v) is 8.24. The van der Waals surface area contributed by atoms with Crippen LogP contribution in [0.25, 0.3) is 22.2 Å². The summed E-state index contributed by atoms with van der Waals surface area (Å²) in [5.41, 5.74) is 1.58. The van der Waals surface area contributed by atoms with Crippen LogP contribution in [0, 0.1) is 6.92 Å². The molecule has 1 aromatic carbocycles. The molecule has 2 N–H and O–H groups in total. The average molecular weight is 424 g/mol. The third-order valence-electron chi connectivity index (χ3n) is 6.20. The Morgan fingerprint density at radius 3 is 2.74 bits per heavy atom. The number of carbonyl (C=O) groups is 1. The summed E-state index contributed by atoms with van der Waals surface area (Å²) in [7, 11) is 0. The smallest absolute Gasteiger partial charge is 0.324 e. The molecular weight excluding hydrogens is 399 g/mol. The van der Waals surface area contributed by atoms with E-state index in [0.717, 1.165) is 36.6 Å². The Labute approximate surface area is 179 Å². The standard InChI is InChI=1S/C22H25FN6O2/c1-13-25-12-20(31-13)14-2-3-15-11-26-21(27-19(15)8-14)28-22(30)29-17-4-5-18(29)10-16(9-17)24-7-6-23/h2-3,8,11-12,16-18,24H,4-7,9-10H2,1H3,(H,26,27,28,30)/t16-,17+,18-. The van der Waals surface area contributed by atoms with E-state index in [0.29, 0.717) is 23.7 Å². The fourth-order valence-corrected chi connectivity index (χ4v) is 4.83. The third kappa shape index (κ3) is 3.97. The van der Waals surface area contributed by atoms with Gasteiger partial charge in [-0.05, 0) is 31.7 Å². The lowest BCUT2D eigenvalue weighted by Gasteiger charge is -2.39. The highest BCUT2D eigenvalue weighted by Crippen LogP contribution is 2.36. The SMILES string of the molecule is Cc1ncc(-c2ccc3cnc(NC(=O)N4[C@@H]5CC[C@H]4C[C@@H](NCCF)C5)nc3c2)o1. The van der Waals surface area contributed by atoms with E-state index in [9.17, 15) is 9.18 Å². The first-order valence-electron chi connectivity index (χ1n) is 10.7. The van der Waals surface area contributed by atoms with Crippen LogP contribution in [0.15, 0.2) is 35.0 Å². The minimum Gasteiger partial charge on any atom is -0.441 e. The predicted octanol–water partition coefficient (Wildman–Crippen LogP) is 3.68. The van der Waals surface area contributed by atoms with Crippen molar-refractivity contribution >= 4 is 22.9 Å². The molecule has 4 heterocycles. The zero-order valence-corrected chi connectivity index (χ0v) is 17.3. The summed E-state index contributed by atoms with van der Waals surface area (Å²) < 4.78 is 18.1. The number of oxazole rings is 1. The van der Waals surface area contributed by atoms with Gasteiger partial charge in [-0.15, -0.1) is 0 Å². The highest BCUT2D eigenvalue weighted by molar-refractivity contribution is 5.90. The number of aromatic nitrogens is 3. The maximum absolute atomic E-state index is 13.0. The molecule has 2 bridgehead atoms. The molecule has 0 radical (unpaired) electrons. The number of hydrogen-bond donors (Lipinski definition) is 2. The molecule has 3 atom stereocenters. The number of anilines is 1. The van der Waals surface area contributed by atoms with Crippen molar-refractivity contribution in [3.05, 3.63) is 36.5 Å². The fourth-order valence-electron chi connectivity index (χ4n) is 4.83. The van der Waals surface area contributed by atoms with Crippen LogP contribution < -0.4 is 10.6 Å². The molecule has 2 aliphatic rings. The minimum absolute atomic E-state index is 0.164. The molecule has 31 heavy (non-hydrogen) atoms. The van der Waals surface area contributed by atoms with E-state index in [4.69, 9.17) is 4.42 Å². The van der Waals surface area contributed by atoms with Gasteiger partial charge in [0.1, 0.15) is 6.67 Å². The van der Waals surface area contributed by atoms with E-state index >= 15 is 0 Å². The van der Waals surface area contributed by atoms with E-state index in [-0.39, 0.29) is 36.8 Å². The van der Waals surface area contributed by atoms with E-state index in [1.54, 1.807) is 19.3 Å². The average Bonchev–Trinajstić information content (AvgIpc) is 3.32. The zero-order chi connectivity index (χ0) is 21.4. The summed E-state index contributed by atoms with van der Waals surface area (Å²) in [5.74, 6) is 1.55. The van der Waals surface area contributed by atoms with Gasteiger partial charge in [0, 0.05) is 48.7 Å². The van der Waals surface area contributed by atoms with Gasteiger partial charge in [0.2, 0.25) is 5.95 Å². The van der Waals surface area contributed by atoms with Gasteiger partial charge in [-0.1, -0.05) is 12.1 Å². The van der Waals surface area contributed by atoms with Crippen molar-refractivity contribution in [3.8, 4) is 11.3 Å². The molecule has 2 aromatic heterocycles. The summed E-state index contributed by atoms with van der Waals surface area (Å²) in [6.45, 7) is 1.80. The van der Waals surface area contributed by atoms with Crippen molar-refractivity contribution in [2.45, 2.75) is 50.7 Å². The lowest BCUT2D eigenvalue weighted by molar-refractivity contribution is 0.141. The Bertz CT molecular complexity index is 1090. The Hall–Kier alpha value is -3.07. The number of nitrogens with zero attached hydrogens (tertiary/aromatic N) is 4. The molecule has 3 aromatic rings. The normalized spacial score (nSPS) is 22.8. The Morgan fingerprint density at radius 1 is 1.23 bits per heavy atom. The summed E-state index contributed by atoms with van der Waals surface area (Å²) in [4.78, 5) is 27.9. The van der Waals surface area contributed by atoms with E-state index in [2.05, 4.69) is 25.6 Å². The van der Waals surface area contributed by atoms with Crippen LogP contribution in [0.2, 0.25) is 0 Å². The Morgan fingerprint density at radius 2 is 2.03 bits per heavy atom. The van der Waals surface area contributed by atoms with Gasteiger partial charge in [-0.25, -0.2) is 24.1 Å². The number of aryl methyl sites for hydroxylation is 1. The molecule has 2 saturated heterocycles. The van der Waals surface area contributed by atoms with Crippen molar-refractivity contribution in [2.75, 3.05) is 18.5 Å². The second kappa shape index (κ2) is 8.22. The molecule has 8 nitrogen and oxygen atoms in total. The van der Waals surface area contributed by atoms with Crippen LogP contribution in [0.4, 0.5) is 15.1 Å². The van der Waals surface area contributed by atoms with Crippen molar-refractivity contribution in [1.29, 1.82) is 0 Å². The largest absolute Gasteiger partial charge is 0.441 e. The first kappa shape index (κ1) is 19.9. The fraction of sp³-hybridized carbons (Fsp3) is 0.455. The first-order valence-corrected chi connectivity index (χ1v) is 10.7. The predicted molar refractivity (Wildman–Crippen MR) is 114 cm³/mol. The van der Waals surface area contributed by atoms with Gasteiger partial charge in [0.15, 0.2) is 11.7 Å². The van der Waals surface area contributed by atoms with Crippen LogP contribution in [-0.4, -0.2) is 57.2 Å². The summed E-state index contributed by atoms with van der Waals surface area (Å²) in [5, 5.41) is 7.00. The maximum atomic E-state index is 13.0. The number of alkyl halides is 1. The van der Waals surface area contributed by atoms with Crippen molar-refractivity contribution < 1.29 is 13.6 Å². The third-order valence-corrected chi connectivity index (χ3v) is 6.20. The molecule has 2 amide bonds. The molecule has 0 saturated carbocycles. The Balaban J connectivity index is 1.31. The quantitative estimate of drug-likeness (QED) is 0.649. The van der Waals surface area contributed by atoms with Gasteiger partial charge in [-0.3, -0.25) is 5.32 Å². The molecule has 0 spiro atoms. The van der Waals surface area contributed by atoms with E-state index < -0.39 is 0 Å². The maximum Gasteiger partial charge on any atom is 0.324 e. The lowest BCUT2D eigenvalue weighted by atomic mass is 9.97. The first-order chi connectivity index (χ1) is 15.1. The van der Waals surface area contributed by atoms with Gasteiger partial charge in [-0.2, -0.15) is 0 Å².